The second-order valence-electron chi connectivity index (χ2n) is 4.14. The zero-order valence-electron chi connectivity index (χ0n) is 9.84. The van der Waals surface area contributed by atoms with Gasteiger partial charge in [-0.2, -0.15) is 4.98 Å². The van der Waals surface area contributed by atoms with Crippen molar-refractivity contribution in [2.45, 2.75) is 6.42 Å². The molecule has 5 N–H and O–H groups in total. The maximum absolute atomic E-state index is 11.6. The number of imidazole rings is 1. The number of nitrogens with two attached hydrogens (primary N) is 1. The van der Waals surface area contributed by atoms with Crippen molar-refractivity contribution in [2.24, 2.45) is 0 Å². The Morgan fingerprint density at radius 3 is 2.79 bits per heavy atom. The van der Waals surface area contributed by atoms with E-state index in [1.807, 2.05) is 6.07 Å². The molecule has 0 saturated heterocycles. The highest BCUT2D eigenvalue weighted by molar-refractivity contribution is 5.70. The van der Waals surface area contributed by atoms with Crippen LogP contribution in [0.3, 0.4) is 0 Å². The quantitative estimate of drug-likeness (QED) is 0.533. The van der Waals surface area contributed by atoms with Crippen molar-refractivity contribution in [3.8, 4) is 5.75 Å². The van der Waals surface area contributed by atoms with Crippen molar-refractivity contribution >= 4 is 17.1 Å². The smallest absolute Gasteiger partial charge is 0.278 e. The number of nitrogens with one attached hydrogen (secondary N) is 2. The van der Waals surface area contributed by atoms with Crippen LogP contribution in [0.1, 0.15) is 11.4 Å². The van der Waals surface area contributed by atoms with Gasteiger partial charge in [0.25, 0.3) is 5.56 Å². The predicted octanol–water partition coefficient (Wildman–Crippen LogP) is 0.525. The van der Waals surface area contributed by atoms with Crippen LogP contribution in [-0.4, -0.2) is 25.0 Å². The third-order valence-electron chi connectivity index (χ3n) is 2.78. The van der Waals surface area contributed by atoms with Gasteiger partial charge in [0.2, 0.25) is 5.95 Å². The summed E-state index contributed by atoms with van der Waals surface area (Å²) in [4.78, 5) is 25.0. The number of aromatic hydroxyl groups is 1. The number of hydrogen-bond acceptors (Lipinski definition) is 5. The molecule has 0 spiro atoms. The van der Waals surface area contributed by atoms with Gasteiger partial charge in [-0.15, -0.1) is 0 Å². The van der Waals surface area contributed by atoms with E-state index in [9.17, 15) is 9.90 Å². The molecule has 0 saturated carbocycles. The molecule has 0 atom stereocenters. The number of nitrogen functional groups attached to an aromatic ring is 1. The fourth-order valence-corrected chi connectivity index (χ4v) is 1.90. The molecule has 0 bridgehead atoms. The number of nitrogens with zero attached hydrogens (tertiary/aromatic N) is 2. The lowest BCUT2D eigenvalue weighted by Gasteiger charge is -2.00. The number of phenols is 1. The predicted molar refractivity (Wildman–Crippen MR) is 69.8 cm³/mol. The standard InChI is InChI=1S/C12H11N5O2/c13-12-16-10-9(11(19)17-12)14-8(15-10)5-6-3-1-2-4-7(6)18/h1-4,18H,5H2,(H4,13,14,15,16,17,19). The first-order valence-electron chi connectivity index (χ1n) is 5.65. The van der Waals surface area contributed by atoms with Gasteiger partial charge in [-0.3, -0.25) is 9.78 Å². The highest BCUT2D eigenvalue weighted by Crippen LogP contribution is 2.19. The highest BCUT2D eigenvalue weighted by Gasteiger charge is 2.10. The van der Waals surface area contributed by atoms with E-state index in [-0.39, 0.29) is 28.4 Å². The summed E-state index contributed by atoms with van der Waals surface area (Å²) in [6.45, 7) is 0. The minimum atomic E-state index is -0.362. The maximum Gasteiger partial charge on any atom is 0.278 e. The molecular formula is C12H11N5O2. The van der Waals surface area contributed by atoms with Crippen molar-refractivity contribution in [1.29, 1.82) is 0 Å². The normalized spacial score (nSPS) is 10.9. The zero-order chi connectivity index (χ0) is 13.4. The Labute approximate surface area is 107 Å². The lowest BCUT2D eigenvalue weighted by atomic mass is 10.1. The summed E-state index contributed by atoms with van der Waals surface area (Å²) in [5, 5.41) is 9.70. The van der Waals surface area contributed by atoms with Crippen molar-refractivity contribution < 1.29 is 5.11 Å². The molecule has 3 aromatic rings. The van der Waals surface area contributed by atoms with E-state index < -0.39 is 0 Å². The highest BCUT2D eigenvalue weighted by atomic mass is 16.3. The third kappa shape index (κ3) is 2.01. The largest absolute Gasteiger partial charge is 0.508 e. The molecule has 19 heavy (non-hydrogen) atoms. The molecule has 0 radical (unpaired) electrons. The van der Waals surface area contributed by atoms with Crippen molar-refractivity contribution in [3.05, 3.63) is 46.0 Å². The summed E-state index contributed by atoms with van der Waals surface area (Å²) in [7, 11) is 0. The van der Waals surface area contributed by atoms with Crippen LogP contribution in [0.2, 0.25) is 0 Å². The van der Waals surface area contributed by atoms with Crippen LogP contribution < -0.4 is 11.3 Å². The summed E-state index contributed by atoms with van der Waals surface area (Å²) in [6, 6.07) is 6.95. The number of hydrogen-bond donors (Lipinski definition) is 4. The first kappa shape index (κ1) is 11.3. The van der Waals surface area contributed by atoms with Gasteiger partial charge in [0.1, 0.15) is 11.6 Å². The van der Waals surface area contributed by atoms with Gasteiger partial charge in [0.15, 0.2) is 11.2 Å². The Kier molecular flexibility index (Phi) is 2.45. The van der Waals surface area contributed by atoms with Crippen LogP contribution in [0.5, 0.6) is 5.75 Å². The number of aromatic nitrogens is 4. The van der Waals surface area contributed by atoms with Crippen molar-refractivity contribution in [3.63, 3.8) is 0 Å². The average Bonchev–Trinajstić information content (AvgIpc) is 2.75. The first-order valence-corrected chi connectivity index (χ1v) is 5.65. The fraction of sp³-hybridized carbons (Fsp3) is 0.0833. The molecule has 0 amide bonds. The second-order valence-corrected chi connectivity index (χ2v) is 4.14. The van der Waals surface area contributed by atoms with Crippen molar-refractivity contribution in [1.82, 2.24) is 19.9 Å². The summed E-state index contributed by atoms with van der Waals surface area (Å²) in [5.41, 5.74) is 6.35. The molecule has 1 aromatic carbocycles. The van der Waals surface area contributed by atoms with Gasteiger partial charge in [-0.05, 0) is 6.07 Å². The monoisotopic (exact) mass is 257 g/mol. The Balaban J connectivity index is 2.05. The summed E-state index contributed by atoms with van der Waals surface area (Å²) in [6.07, 6.45) is 0.377. The molecule has 2 heterocycles. The van der Waals surface area contributed by atoms with Crippen LogP contribution >= 0.6 is 0 Å². The molecule has 3 rings (SSSR count). The Bertz CT molecular complexity index is 805. The number of H-pyrrole nitrogens is 2. The van der Waals surface area contributed by atoms with Gasteiger partial charge in [-0.1, -0.05) is 18.2 Å². The number of phenolic OH excluding ortho intramolecular Hbond substituents is 1. The molecule has 96 valence electrons. The van der Waals surface area contributed by atoms with Gasteiger partial charge in [0, 0.05) is 12.0 Å². The van der Waals surface area contributed by atoms with Crippen LogP contribution in [0.15, 0.2) is 29.1 Å². The zero-order valence-corrected chi connectivity index (χ0v) is 9.84. The van der Waals surface area contributed by atoms with Gasteiger partial charge in [0.05, 0.1) is 0 Å². The lowest BCUT2D eigenvalue weighted by Crippen LogP contribution is -2.10. The molecule has 0 fully saturated rings. The molecule has 0 aliphatic heterocycles. The van der Waals surface area contributed by atoms with E-state index in [0.717, 1.165) is 0 Å². The first-order chi connectivity index (χ1) is 9.13. The molecule has 7 nitrogen and oxygen atoms in total. The number of benzene rings is 1. The topological polar surface area (TPSA) is 121 Å². The Hall–Kier alpha value is -2.83. The number of aromatic amines is 2. The average molecular weight is 257 g/mol. The fourth-order valence-electron chi connectivity index (χ4n) is 1.90. The van der Waals surface area contributed by atoms with E-state index in [0.29, 0.717) is 17.8 Å². The molecule has 0 aliphatic rings. The summed E-state index contributed by atoms with van der Waals surface area (Å²) >= 11 is 0. The lowest BCUT2D eigenvalue weighted by molar-refractivity contribution is 0.469. The van der Waals surface area contributed by atoms with E-state index >= 15 is 0 Å². The molecule has 0 aliphatic carbocycles. The number of fused-ring (bicyclic) bond motifs is 1. The minimum Gasteiger partial charge on any atom is -0.508 e. The SMILES string of the molecule is Nc1nc2nc(Cc3ccccc3O)[nH]c2c(=O)[nH]1. The van der Waals surface area contributed by atoms with Crippen LogP contribution in [0, 0.1) is 0 Å². The summed E-state index contributed by atoms with van der Waals surface area (Å²) < 4.78 is 0. The second kappa shape index (κ2) is 4.13. The van der Waals surface area contributed by atoms with Gasteiger partial charge < -0.3 is 15.8 Å². The van der Waals surface area contributed by atoms with E-state index in [4.69, 9.17) is 5.73 Å². The van der Waals surface area contributed by atoms with Crippen LogP contribution in [0.25, 0.3) is 11.2 Å². The van der Waals surface area contributed by atoms with E-state index in [2.05, 4.69) is 19.9 Å². The van der Waals surface area contributed by atoms with E-state index in [1.54, 1.807) is 18.2 Å². The number of rotatable bonds is 2. The Morgan fingerprint density at radius 2 is 2.00 bits per heavy atom. The summed E-state index contributed by atoms with van der Waals surface area (Å²) in [5.74, 6) is 0.752. The Morgan fingerprint density at radius 1 is 1.21 bits per heavy atom. The third-order valence-corrected chi connectivity index (χ3v) is 2.78. The molecule has 0 unspecified atom stereocenters. The number of anilines is 1. The van der Waals surface area contributed by atoms with E-state index in [1.165, 1.54) is 0 Å². The molecule has 2 aromatic heterocycles. The van der Waals surface area contributed by atoms with Gasteiger partial charge >= 0.3 is 0 Å². The van der Waals surface area contributed by atoms with Crippen LogP contribution in [-0.2, 0) is 6.42 Å². The van der Waals surface area contributed by atoms with Gasteiger partial charge in [-0.25, -0.2) is 4.98 Å². The molecule has 7 heteroatoms. The maximum atomic E-state index is 11.6. The minimum absolute atomic E-state index is 0.0260. The molecular weight excluding hydrogens is 246 g/mol. The number of para-hydroxylation sites is 1. The van der Waals surface area contributed by atoms with Crippen molar-refractivity contribution in [2.75, 3.05) is 5.73 Å². The van der Waals surface area contributed by atoms with Crippen LogP contribution in [0.4, 0.5) is 5.95 Å².